The molecule has 2 aromatic heterocycles. The summed E-state index contributed by atoms with van der Waals surface area (Å²) in [5, 5.41) is 28.2. The number of rotatable bonds is 17. The summed E-state index contributed by atoms with van der Waals surface area (Å²) in [6, 6.07) is 18.2. The summed E-state index contributed by atoms with van der Waals surface area (Å²) in [7, 11) is 0. The molecule has 3 aromatic carbocycles. The van der Waals surface area contributed by atoms with Crippen LogP contribution in [0, 0.1) is 5.92 Å². The van der Waals surface area contributed by atoms with Crippen LogP contribution in [-0.4, -0.2) is 79.9 Å². The van der Waals surface area contributed by atoms with E-state index in [1.165, 1.54) is 0 Å². The number of H-pyrrole nitrogens is 2. The number of para-hydroxylation sites is 2. The molecule has 15 heteroatoms. The molecule has 4 amide bonds. The van der Waals surface area contributed by atoms with E-state index >= 15 is 0 Å². The molecule has 0 aliphatic rings. The highest BCUT2D eigenvalue weighted by Gasteiger charge is 2.35. The minimum Gasteiger partial charge on any atom is -0.481 e. The largest absolute Gasteiger partial charge is 0.481 e. The van der Waals surface area contributed by atoms with Crippen LogP contribution in [-0.2, 0) is 48.0 Å². The van der Waals surface area contributed by atoms with Crippen LogP contribution in [0.4, 0.5) is 0 Å². The Hall–Kier alpha value is -6.48. The number of benzene rings is 3. The van der Waals surface area contributed by atoms with Crippen molar-refractivity contribution >= 4 is 57.4 Å². The highest BCUT2D eigenvalue weighted by Crippen LogP contribution is 2.21. The van der Waals surface area contributed by atoms with Gasteiger partial charge in [-0.3, -0.25) is 28.8 Å². The first-order valence-corrected chi connectivity index (χ1v) is 16.5. The van der Waals surface area contributed by atoms with Gasteiger partial charge in [-0.2, -0.15) is 0 Å². The van der Waals surface area contributed by atoms with Crippen LogP contribution in [0.2, 0.25) is 0 Å². The molecular formula is C37H39N7O8. The van der Waals surface area contributed by atoms with Gasteiger partial charge in [-0.15, -0.1) is 0 Å². The number of aromatic amines is 2. The van der Waals surface area contributed by atoms with Gasteiger partial charge in [0.2, 0.25) is 23.6 Å². The average Bonchev–Trinajstić information content (AvgIpc) is 3.73. The number of hydrogen-bond acceptors (Lipinski definition) is 7. The van der Waals surface area contributed by atoms with Gasteiger partial charge in [0.15, 0.2) is 5.92 Å². The molecule has 5 rings (SSSR count). The Morgan fingerprint density at radius 2 is 1.06 bits per heavy atom. The number of aliphatic carboxylic acids is 2. The molecule has 5 aromatic rings. The van der Waals surface area contributed by atoms with Gasteiger partial charge >= 0.3 is 11.9 Å². The van der Waals surface area contributed by atoms with Gasteiger partial charge < -0.3 is 47.6 Å². The summed E-state index contributed by atoms with van der Waals surface area (Å²) in [4.78, 5) is 83.0. The maximum absolute atomic E-state index is 14.1. The summed E-state index contributed by atoms with van der Waals surface area (Å²) in [5.74, 6) is -8.94. The topological polar surface area (TPSA) is 263 Å². The van der Waals surface area contributed by atoms with Crippen molar-refractivity contribution < 1.29 is 39.0 Å². The second-order valence-corrected chi connectivity index (χ2v) is 12.5. The van der Waals surface area contributed by atoms with E-state index in [9.17, 15) is 39.0 Å². The van der Waals surface area contributed by atoms with Crippen LogP contribution in [0.15, 0.2) is 91.3 Å². The number of aromatic nitrogens is 2. The van der Waals surface area contributed by atoms with E-state index in [0.717, 1.165) is 27.4 Å². The van der Waals surface area contributed by atoms with E-state index in [2.05, 4.69) is 25.9 Å². The predicted octanol–water partition coefficient (Wildman–Crippen LogP) is 1.12. The molecule has 15 nitrogen and oxygen atoms in total. The van der Waals surface area contributed by atoms with E-state index < -0.39 is 72.1 Å². The molecule has 0 saturated carbocycles. The number of carboxylic acid groups (broad SMARTS) is 2. The quantitative estimate of drug-likeness (QED) is 0.0626. The smallest absolute Gasteiger partial charge is 0.317 e. The van der Waals surface area contributed by atoms with Crippen molar-refractivity contribution in [1.82, 2.24) is 25.9 Å². The molecule has 11 N–H and O–H groups in total. The fourth-order valence-corrected chi connectivity index (χ4v) is 6.03. The number of fused-ring (bicyclic) bond motifs is 2. The summed E-state index contributed by atoms with van der Waals surface area (Å²) in [6.07, 6.45) is 2.75. The summed E-state index contributed by atoms with van der Waals surface area (Å²) >= 11 is 0. The maximum Gasteiger partial charge on any atom is 0.317 e. The zero-order valence-electron chi connectivity index (χ0n) is 27.9. The minimum atomic E-state index is -2.04. The molecule has 0 aliphatic heterocycles. The van der Waals surface area contributed by atoms with Crippen LogP contribution in [0.1, 0.15) is 23.1 Å². The van der Waals surface area contributed by atoms with Crippen molar-refractivity contribution in [2.75, 3.05) is 0 Å². The lowest BCUT2D eigenvalue weighted by Gasteiger charge is -2.26. The molecular weight excluding hydrogens is 670 g/mol. The highest BCUT2D eigenvalue weighted by molar-refractivity contribution is 5.97. The maximum atomic E-state index is 14.1. The molecule has 0 unspecified atom stereocenters. The first kappa shape index (κ1) is 36.8. The molecule has 2 heterocycles. The third-order valence-corrected chi connectivity index (χ3v) is 8.83. The lowest BCUT2D eigenvalue weighted by molar-refractivity contribution is -0.155. The van der Waals surface area contributed by atoms with Gasteiger partial charge in [-0.25, -0.2) is 0 Å². The van der Waals surface area contributed by atoms with Crippen molar-refractivity contribution in [2.45, 2.75) is 49.9 Å². The van der Waals surface area contributed by atoms with Gasteiger partial charge in [-0.1, -0.05) is 66.7 Å². The number of amides is 4. The lowest BCUT2D eigenvalue weighted by atomic mass is 9.98. The first-order chi connectivity index (χ1) is 24.9. The lowest BCUT2D eigenvalue weighted by Crippen LogP contribution is -2.59. The van der Waals surface area contributed by atoms with Crippen LogP contribution in [0.25, 0.3) is 21.8 Å². The second kappa shape index (κ2) is 16.5. The molecule has 0 spiro atoms. The average molecular weight is 710 g/mol. The Labute approximate surface area is 297 Å². The molecule has 0 bridgehead atoms. The Morgan fingerprint density at radius 3 is 1.60 bits per heavy atom. The zero-order chi connectivity index (χ0) is 37.4. The summed E-state index contributed by atoms with van der Waals surface area (Å²) in [6.45, 7) is 0. The standard InChI is InChI=1S/C37H39N7O8/c38-26(15-21-18-40-27-12-6-4-10-23(21)27)33(46)43-31(16-22-19-41-28-13-7-5-11-24(22)28)35(48)44-30(14-20-8-2-1-3-9-20)34(47)42-29(32(39)45)17-25(36(49)50)37(51)52/h1-13,18-19,25-26,29-31,40-41H,14-17,38H2,(H2,39,45)(H,42,47)(H,43,46)(H,44,48)(H,49,50)(H,51,52)/t26-,29+,30-,31+/m1/s1. The van der Waals surface area contributed by atoms with Crippen LogP contribution in [0.3, 0.4) is 0 Å². The van der Waals surface area contributed by atoms with Crippen molar-refractivity contribution in [3.8, 4) is 0 Å². The predicted molar refractivity (Wildman–Crippen MR) is 190 cm³/mol. The van der Waals surface area contributed by atoms with Crippen molar-refractivity contribution in [3.05, 3.63) is 108 Å². The van der Waals surface area contributed by atoms with Gasteiger partial charge in [0.1, 0.15) is 18.1 Å². The minimum absolute atomic E-state index is 0.00385. The second-order valence-electron chi connectivity index (χ2n) is 12.5. The molecule has 0 aliphatic carbocycles. The van der Waals surface area contributed by atoms with Gasteiger partial charge in [0.25, 0.3) is 0 Å². The summed E-state index contributed by atoms with van der Waals surface area (Å²) in [5.41, 5.74) is 15.6. The number of nitrogens with two attached hydrogens (primary N) is 2. The third-order valence-electron chi connectivity index (χ3n) is 8.83. The number of primary amides is 1. The Bertz CT molecular complexity index is 2080. The fourth-order valence-electron chi connectivity index (χ4n) is 6.03. The summed E-state index contributed by atoms with van der Waals surface area (Å²) < 4.78 is 0. The number of carboxylic acids is 2. The van der Waals surface area contributed by atoms with E-state index in [1.807, 2.05) is 48.5 Å². The van der Waals surface area contributed by atoms with Gasteiger partial charge in [-0.05, 0) is 35.2 Å². The van der Waals surface area contributed by atoms with E-state index in [1.54, 1.807) is 42.7 Å². The van der Waals surface area contributed by atoms with Crippen molar-refractivity contribution in [1.29, 1.82) is 0 Å². The van der Waals surface area contributed by atoms with E-state index in [-0.39, 0.29) is 19.3 Å². The monoisotopic (exact) mass is 709 g/mol. The number of carbonyl (C=O) groups excluding carboxylic acids is 4. The Kier molecular flexibility index (Phi) is 11.7. The van der Waals surface area contributed by atoms with Crippen molar-refractivity contribution in [2.24, 2.45) is 17.4 Å². The first-order valence-electron chi connectivity index (χ1n) is 16.5. The molecule has 0 fully saturated rings. The Morgan fingerprint density at radius 1 is 0.596 bits per heavy atom. The zero-order valence-corrected chi connectivity index (χ0v) is 27.9. The molecule has 52 heavy (non-hydrogen) atoms. The molecule has 0 saturated heterocycles. The highest BCUT2D eigenvalue weighted by atomic mass is 16.4. The molecule has 4 atom stereocenters. The van der Waals surface area contributed by atoms with Crippen LogP contribution >= 0.6 is 0 Å². The van der Waals surface area contributed by atoms with Crippen molar-refractivity contribution in [3.63, 3.8) is 0 Å². The molecule has 270 valence electrons. The molecule has 0 radical (unpaired) electrons. The fraction of sp³-hybridized carbons (Fsp3) is 0.243. The van der Waals surface area contributed by atoms with Crippen LogP contribution < -0.4 is 27.4 Å². The Balaban J connectivity index is 1.40. The van der Waals surface area contributed by atoms with Gasteiger partial charge in [0, 0.05) is 53.5 Å². The number of hydrogen-bond donors (Lipinski definition) is 9. The SMILES string of the molecule is NC(=O)[C@H](CC(C(=O)O)C(=O)O)NC(=O)[C@@H](Cc1ccccc1)NC(=O)[C@H](Cc1c[nH]c2ccccc12)NC(=O)[C@H](N)Cc1c[nH]c2ccccc12. The number of carbonyl (C=O) groups is 6. The van der Waals surface area contributed by atoms with E-state index in [4.69, 9.17) is 11.5 Å². The van der Waals surface area contributed by atoms with E-state index in [0.29, 0.717) is 11.1 Å². The normalized spacial score (nSPS) is 13.6. The van der Waals surface area contributed by atoms with Crippen LogP contribution in [0.5, 0.6) is 0 Å². The van der Waals surface area contributed by atoms with Gasteiger partial charge in [0.05, 0.1) is 6.04 Å². The third kappa shape index (κ3) is 9.00. The number of nitrogens with one attached hydrogen (secondary N) is 5.